The maximum absolute atomic E-state index is 14.0. The minimum Gasteiger partial charge on any atom is -0.373 e. The lowest BCUT2D eigenvalue weighted by Gasteiger charge is -2.14. The number of amides is 1. The van der Waals surface area contributed by atoms with Crippen molar-refractivity contribution in [1.82, 2.24) is 10.9 Å². The van der Waals surface area contributed by atoms with E-state index in [0.717, 1.165) is 16.8 Å². The highest BCUT2D eigenvalue weighted by atomic mass is 19.1. The van der Waals surface area contributed by atoms with Gasteiger partial charge in [0.05, 0.1) is 0 Å². The molecule has 2 aromatic rings. The van der Waals surface area contributed by atoms with Crippen molar-refractivity contribution < 1.29 is 13.9 Å². The van der Waals surface area contributed by atoms with E-state index in [1.54, 1.807) is 6.07 Å². The third-order valence-corrected chi connectivity index (χ3v) is 4.52. The van der Waals surface area contributed by atoms with Crippen molar-refractivity contribution in [2.75, 3.05) is 17.4 Å². The molecule has 1 saturated heterocycles. The number of anilines is 2. The third-order valence-electron chi connectivity index (χ3n) is 4.52. The van der Waals surface area contributed by atoms with Crippen molar-refractivity contribution in [2.24, 2.45) is 0 Å². The summed E-state index contributed by atoms with van der Waals surface area (Å²) in [6.07, 6.45) is 0.0911. The number of carbonyl (C=O) groups is 1. The molecule has 2 heterocycles. The molecule has 2 aromatic carbocycles. The van der Waals surface area contributed by atoms with Crippen molar-refractivity contribution in [3.8, 4) is 0 Å². The molecule has 2 unspecified atom stereocenters. The van der Waals surface area contributed by atoms with Gasteiger partial charge in [-0.05, 0) is 36.2 Å². The standard InChI is InChI=1S/C18H19FN4O2/c1-10-5-6-14(19)13-8-15(22-16(10)13)17(24)21-12-4-2-3-11(7-12)18-23-20-9-25-18/h2-7,15,18,20,22-23H,8-9H2,1H3,(H,21,24). The summed E-state index contributed by atoms with van der Waals surface area (Å²) in [5.74, 6) is -0.465. The molecule has 1 amide bonds. The molecule has 4 rings (SSSR count). The third kappa shape index (κ3) is 3.09. The van der Waals surface area contributed by atoms with E-state index in [1.807, 2.05) is 31.2 Å². The van der Waals surface area contributed by atoms with Crippen LogP contribution in [0.3, 0.4) is 0 Å². The average molecular weight is 342 g/mol. The van der Waals surface area contributed by atoms with Crippen molar-refractivity contribution in [2.45, 2.75) is 25.6 Å². The van der Waals surface area contributed by atoms with Gasteiger partial charge in [0.2, 0.25) is 5.91 Å². The monoisotopic (exact) mass is 342 g/mol. The van der Waals surface area contributed by atoms with E-state index < -0.39 is 6.04 Å². The van der Waals surface area contributed by atoms with Crippen LogP contribution in [0.1, 0.15) is 22.9 Å². The van der Waals surface area contributed by atoms with Crippen LogP contribution in [0.15, 0.2) is 36.4 Å². The largest absolute Gasteiger partial charge is 0.373 e. The van der Waals surface area contributed by atoms with Crippen molar-refractivity contribution in [3.63, 3.8) is 0 Å². The van der Waals surface area contributed by atoms with E-state index in [1.165, 1.54) is 6.07 Å². The molecule has 4 N–H and O–H groups in total. The topological polar surface area (TPSA) is 74.4 Å². The average Bonchev–Trinajstić information content (AvgIpc) is 3.28. The quantitative estimate of drug-likeness (QED) is 0.688. The summed E-state index contributed by atoms with van der Waals surface area (Å²) >= 11 is 0. The first-order chi connectivity index (χ1) is 12.1. The van der Waals surface area contributed by atoms with Crippen LogP contribution in [-0.2, 0) is 16.0 Å². The summed E-state index contributed by atoms with van der Waals surface area (Å²) in [6.45, 7) is 2.33. The van der Waals surface area contributed by atoms with E-state index in [-0.39, 0.29) is 18.0 Å². The van der Waals surface area contributed by atoms with Gasteiger partial charge in [-0.25, -0.2) is 15.2 Å². The van der Waals surface area contributed by atoms with Crippen LogP contribution in [0.2, 0.25) is 0 Å². The second-order valence-corrected chi connectivity index (χ2v) is 6.25. The van der Waals surface area contributed by atoms with Gasteiger partial charge in [-0.1, -0.05) is 18.2 Å². The maximum atomic E-state index is 14.0. The van der Waals surface area contributed by atoms with Crippen molar-refractivity contribution in [3.05, 3.63) is 58.9 Å². The number of nitrogens with one attached hydrogen (secondary N) is 4. The maximum Gasteiger partial charge on any atom is 0.247 e. The Kier molecular flexibility index (Phi) is 4.12. The molecular weight excluding hydrogens is 323 g/mol. The second kappa shape index (κ2) is 6.44. The Balaban J connectivity index is 1.47. The molecule has 2 aliphatic rings. The van der Waals surface area contributed by atoms with Crippen LogP contribution >= 0.6 is 0 Å². The molecule has 1 fully saturated rings. The van der Waals surface area contributed by atoms with Gasteiger partial charge in [-0.2, -0.15) is 0 Å². The highest BCUT2D eigenvalue weighted by Crippen LogP contribution is 2.32. The number of aryl methyl sites for hydroxylation is 1. The number of ether oxygens (including phenoxy) is 1. The van der Waals surface area contributed by atoms with Gasteiger partial charge in [0.1, 0.15) is 24.8 Å². The van der Waals surface area contributed by atoms with Crippen LogP contribution in [0.25, 0.3) is 0 Å². The molecule has 0 bridgehead atoms. The fraction of sp³-hybridized carbons (Fsp3) is 0.278. The Morgan fingerprint density at radius 2 is 2.20 bits per heavy atom. The summed E-state index contributed by atoms with van der Waals surface area (Å²) in [5, 5.41) is 6.03. The molecule has 2 atom stereocenters. The fourth-order valence-electron chi connectivity index (χ4n) is 3.22. The lowest BCUT2D eigenvalue weighted by molar-refractivity contribution is -0.116. The summed E-state index contributed by atoms with van der Waals surface area (Å²) in [7, 11) is 0. The number of hydrazine groups is 1. The Hall–Kier alpha value is -2.48. The lowest BCUT2D eigenvalue weighted by atomic mass is 10.1. The number of fused-ring (bicyclic) bond motifs is 1. The zero-order chi connectivity index (χ0) is 17.4. The van der Waals surface area contributed by atoms with Crippen LogP contribution in [0, 0.1) is 12.7 Å². The van der Waals surface area contributed by atoms with Crippen LogP contribution in [-0.4, -0.2) is 18.7 Å². The number of benzene rings is 2. The van der Waals surface area contributed by atoms with E-state index >= 15 is 0 Å². The van der Waals surface area contributed by atoms with E-state index in [4.69, 9.17) is 4.74 Å². The van der Waals surface area contributed by atoms with Gasteiger partial charge in [0.25, 0.3) is 0 Å². The number of hydrogen-bond donors (Lipinski definition) is 4. The van der Waals surface area contributed by atoms with Gasteiger partial charge in [-0.15, -0.1) is 0 Å². The second-order valence-electron chi connectivity index (χ2n) is 6.25. The van der Waals surface area contributed by atoms with Gasteiger partial charge in [-0.3, -0.25) is 4.79 Å². The first kappa shape index (κ1) is 16.0. The normalized spacial score (nSPS) is 21.7. The Labute approximate surface area is 144 Å². The van der Waals surface area contributed by atoms with Gasteiger partial charge < -0.3 is 15.4 Å². The summed E-state index contributed by atoms with van der Waals surface area (Å²) in [4.78, 5) is 12.6. The molecule has 0 saturated carbocycles. The van der Waals surface area contributed by atoms with Gasteiger partial charge in [0.15, 0.2) is 0 Å². The van der Waals surface area contributed by atoms with E-state index in [9.17, 15) is 9.18 Å². The number of hydrogen-bond acceptors (Lipinski definition) is 5. The number of carbonyl (C=O) groups excluding carboxylic acids is 1. The number of halogens is 1. The Morgan fingerprint density at radius 1 is 1.32 bits per heavy atom. The molecule has 25 heavy (non-hydrogen) atoms. The first-order valence-electron chi connectivity index (χ1n) is 8.17. The molecule has 7 heteroatoms. The highest BCUT2D eigenvalue weighted by Gasteiger charge is 2.30. The minimum absolute atomic E-state index is 0.189. The molecule has 0 radical (unpaired) electrons. The van der Waals surface area contributed by atoms with Crippen LogP contribution in [0.4, 0.5) is 15.8 Å². The van der Waals surface area contributed by atoms with Crippen LogP contribution in [0.5, 0.6) is 0 Å². The molecule has 6 nitrogen and oxygen atoms in total. The molecule has 130 valence electrons. The van der Waals surface area contributed by atoms with Gasteiger partial charge in [0, 0.05) is 23.4 Å². The summed E-state index contributed by atoms with van der Waals surface area (Å²) < 4.78 is 19.4. The summed E-state index contributed by atoms with van der Waals surface area (Å²) in [5.41, 5.74) is 9.70. The molecule has 2 aliphatic heterocycles. The summed E-state index contributed by atoms with van der Waals surface area (Å²) in [6, 6.07) is 10.1. The zero-order valence-electron chi connectivity index (χ0n) is 13.7. The smallest absolute Gasteiger partial charge is 0.247 e. The number of rotatable bonds is 3. The van der Waals surface area contributed by atoms with Crippen LogP contribution < -0.4 is 21.5 Å². The lowest BCUT2D eigenvalue weighted by Crippen LogP contribution is -2.33. The molecule has 0 spiro atoms. The Morgan fingerprint density at radius 3 is 2.96 bits per heavy atom. The Bertz CT molecular complexity index is 790. The fourth-order valence-corrected chi connectivity index (χ4v) is 3.22. The zero-order valence-corrected chi connectivity index (χ0v) is 13.7. The molecule has 0 aliphatic carbocycles. The predicted octanol–water partition coefficient (Wildman–Crippen LogP) is 2.19. The minimum atomic E-state index is -0.489. The van der Waals surface area contributed by atoms with Crippen molar-refractivity contribution >= 4 is 17.3 Å². The first-order valence-corrected chi connectivity index (χ1v) is 8.17. The van der Waals surface area contributed by atoms with Crippen molar-refractivity contribution in [1.29, 1.82) is 0 Å². The van der Waals surface area contributed by atoms with E-state index in [0.29, 0.717) is 24.4 Å². The highest BCUT2D eigenvalue weighted by molar-refractivity contribution is 5.98. The molecule has 0 aromatic heterocycles. The molecular formula is C18H19FN4O2. The predicted molar refractivity (Wildman–Crippen MR) is 92.3 cm³/mol. The van der Waals surface area contributed by atoms with Gasteiger partial charge >= 0.3 is 0 Å². The van der Waals surface area contributed by atoms with E-state index in [2.05, 4.69) is 21.5 Å². The SMILES string of the molecule is Cc1ccc(F)c2c1NC(C(=O)Nc1cccc(C3NNCO3)c1)C2.